The topological polar surface area (TPSA) is 110 Å². The predicted molar refractivity (Wildman–Crippen MR) is 164 cm³/mol. The number of sulfonamides is 1. The Morgan fingerprint density at radius 1 is 0.929 bits per heavy atom. The van der Waals surface area contributed by atoms with Gasteiger partial charge in [0.05, 0.1) is 17.1 Å². The van der Waals surface area contributed by atoms with Crippen LogP contribution < -0.4 is 14.8 Å². The number of aryl methyl sites for hydroxylation is 3. The molecule has 0 aliphatic carbocycles. The maximum atomic E-state index is 13.3. The standard InChI is InChI=1S/C33H36N4O4S/c1-21-8-6-9-22(2)30(21)28-19-29-36-32(35-28)37-42(39,40)27-11-7-10-24(18-27)31(38)34-20-26(41-29)17-14-23-12-15-25(16-13-23)33(3,4)5/h6-13,15-16,18-19,26H,14,17,20H2,1-5H3,(H,34,38)(H,35,36,37). The number of ether oxygens (including phenoxy) is 1. The minimum absolute atomic E-state index is 0.0619. The Morgan fingerprint density at radius 2 is 1.62 bits per heavy atom. The lowest BCUT2D eigenvalue weighted by atomic mass is 9.86. The smallest absolute Gasteiger partial charge is 0.264 e. The maximum Gasteiger partial charge on any atom is 0.264 e. The molecule has 1 aliphatic rings. The first kappa shape index (κ1) is 29.3. The van der Waals surface area contributed by atoms with Gasteiger partial charge >= 0.3 is 0 Å². The molecule has 0 saturated carbocycles. The summed E-state index contributed by atoms with van der Waals surface area (Å²) in [5.74, 6) is -0.275. The number of aromatic nitrogens is 2. The SMILES string of the molecule is Cc1cccc(C)c1-c1cc2nc(n1)NS(=O)(=O)c1cccc(c1)C(=O)NCC(CCc1ccc(C(C)(C)C)cc1)O2. The Bertz CT molecular complexity index is 1710. The number of carbonyl (C=O) groups excluding carboxylic acids is 1. The third-order valence-corrected chi connectivity index (χ3v) is 8.75. The maximum absolute atomic E-state index is 13.3. The second-order valence-corrected chi connectivity index (χ2v) is 13.4. The molecule has 0 fully saturated rings. The van der Waals surface area contributed by atoms with Crippen molar-refractivity contribution in [3.63, 3.8) is 0 Å². The van der Waals surface area contributed by atoms with Crippen molar-refractivity contribution in [3.8, 4) is 17.1 Å². The highest BCUT2D eigenvalue weighted by Crippen LogP contribution is 2.30. The number of nitrogens with zero attached hydrogens (tertiary/aromatic N) is 2. The van der Waals surface area contributed by atoms with Crippen LogP contribution in [0.25, 0.3) is 11.3 Å². The van der Waals surface area contributed by atoms with E-state index in [0.717, 1.165) is 28.7 Å². The Labute approximate surface area is 247 Å². The third kappa shape index (κ3) is 6.62. The van der Waals surface area contributed by atoms with E-state index in [4.69, 9.17) is 4.74 Å². The lowest BCUT2D eigenvalue weighted by molar-refractivity contribution is 0.0922. The second kappa shape index (κ2) is 11.6. The number of anilines is 1. The van der Waals surface area contributed by atoms with Crippen LogP contribution in [0.15, 0.2) is 77.7 Å². The molecule has 0 spiro atoms. The van der Waals surface area contributed by atoms with Gasteiger partial charge in [0, 0.05) is 17.2 Å². The second-order valence-electron chi connectivity index (χ2n) is 11.8. The Balaban J connectivity index is 1.53. The van der Waals surface area contributed by atoms with E-state index < -0.39 is 16.1 Å². The van der Waals surface area contributed by atoms with E-state index in [1.807, 2.05) is 32.0 Å². The van der Waals surface area contributed by atoms with E-state index in [1.54, 1.807) is 12.1 Å². The largest absolute Gasteiger partial charge is 0.472 e. The summed E-state index contributed by atoms with van der Waals surface area (Å²) in [5.41, 5.74) is 6.10. The molecule has 1 unspecified atom stereocenters. The number of benzene rings is 3. The molecule has 218 valence electrons. The fourth-order valence-electron chi connectivity index (χ4n) is 5.04. The number of carbonyl (C=O) groups is 1. The molecule has 0 radical (unpaired) electrons. The van der Waals surface area contributed by atoms with Crippen molar-refractivity contribution < 1.29 is 17.9 Å². The molecule has 1 aliphatic heterocycles. The number of rotatable bonds is 4. The van der Waals surface area contributed by atoms with Crippen molar-refractivity contribution in [2.24, 2.45) is 0 Å². The highest BCUT2D eigenvalue weighted by molar-refractivity contribution is 7.92. The highest BCUT2D eigenvalue weighted by Gasteiger charge is 2.23. The molecule has 5 rings (SSSR count). The molecular weight excluding hydrogens is 548 g/mol. The van der Waals surface area contributed by atoms with Crippen LogP contribution in [-0.2, 0) is 21.9 Å². The van der Waals surface area contributed by atoms with Crippen molar-refractivity contribution >= 4 is 21.9 Å². The lowest BCUT2D eigenvalue weighted by Gasteiger charge is -2.21. The number of hydrogen-bond acceptors (Lipinski definition) is 6. The number of hydrogen-bond donors (Lipinski definition) is 2. The third-order valence-electron chi connectivity index (χ3n) is 7.42. The van der Waals surface area contributed by atoms with Gasteiger partial charge < -0.3 is 10.1 Å². The molecule has 1 amide bonds. The van der Waals surface area contributed by atoms with E-state index in [0.29, 0.717) is 12.1 Å². The van der Waals surface area contributed by atoms with E-state index in [9.17, 15) is 13.2 Å². The summed E-state index contributed by atoms with van der Waals surface area (Å²) in [7, 11) is -4.09. The highest BCUT2D eigenvalue weighted by atomic mass is 32.2. The van der Waals surface area contributed by atoms with Crippen LogP contribution in [0.2, 0.25) is 0 Å². The monoisotopic (exact) mass is 584 g/mol. The first-order valence-corrected chi connectivity index (χ1v) is 15.5. The van der Waals surface area contributed by atoms with Gasteiger partial charge in [-0.3, -0.25) is 4.79 Å². The first-order valence-electron chi connectivity index (χ1n) is 14.0. The van der Waals surface area contributed by atoms with Gasteiger partial charge in [0.1, 0.15) is 6.10 Å². The molecular formula is C33H36N4O4S. The summed E-state index contributed by atoms with van der Waals surface area (Å²) in [6.45, 7) is 10.7. The number of nitrogens with one attached hydrogen (secondary N) is 2. The van der Waals surface area contributed by atoms with E-state index in [1.165, 1.54) is 23.8 Å². The van der Waals surface area contributed by atoms with Crippen molar-refractivity contribution in [2.45, 2.75) is 63.9 Å². The van der Waals surface area contributed by atoms with Crippen LogP contribution in [0, 0.1) is 13.8 Å². The zero-order valence-electron chi connectivity index (χ0n) is 24.6. The lowest BCUT2D eigenvalue weighted by Crippen LogP contribution is -2.36. The van der Waals surface area contributed by atoms with E-state index >= 15 is 0 Å². The van der Waals surface area contributed by atoms with Crippen molar-refractivity contribution in [2.75, 3.05) is 11.3 Å². The minimum atomic E-state index is -4.09. The average Bonchev–Trinajstić information content (AvgIpc) is 2.93. The molecule has 42 heavy (non-hydrogen) atoms. The summed E-state index contributed by atoms with van der Waals surface area (Å²) in [5, 5.41) is 2.92. The van der Waals surface area contributed by atoms with Gasteiger partial charge in [0.2, 0.25) is 11.8 Å². The van der Waals surface area contributed by atoms with Gasteiger partial charge in [-0.05, 0) is 72.6 Å². The van der Waals surface area contributed by atoms with Gasteiger partial charge in [-0.1, -0.05) is 69.3 Å². The first-order chi connectivity index (χ1) is 19.9. The van der Waals surface area contributed by atoms with Crippen LogP contribution in [0.5, 0.6) is 5.88 Å². The van der Waals surface area contributed by atoms with Crippen LogP contribution in [-0.4, -0.2) is 36.9 Å². The van der Waals surface area contributed by atoms with Crippen LogP contribution in [0.4, 0.5) is 5.95 Å². The predicted octanol–water partition coefficient (Wildman–Crippen LogP) is 5.98. The molecule has 0 saturated heterocycles. The van der Waals surface area contributed by atoms with E-state index in [-0.39, 0.29) is 40.2 Å². The zero-order chi connectivity index (χ0) is 30.1. The zero-order valence-corrected chi connectivity index (χ0v) is 25.4. The fraction of sp³-hybridized carbons (Fsp3) is 0.303. The molecule has 4 bridgehead atoms. The van der Waals surface area contributed by atoms with Gasteiger partial charge in [0.25, 0.3) is 15.9 Å². The summed E-state index contributed by atoms with van der Waals surface area (Å²) < 4.78 is 35.5. The molecule has 9 heteroatoms. The van der Waals surface area contributed by atoms with Gasteiger partial charge in [0.15, 0.2) is 0 Å². The summed E-state index contributed by atoms with van der Waals surface area (Å²) >= 11 is 0. The molecule has 2 N–H and O–H groups in total. The number of amides is 1. The summed E-state index contributed by atoms with van der Waals surface area (Å²) in [6, 6.07) is 22.1. The molecule has 2 heterocycles. The molecule has 1 atom stereocenters. The van der Waals surface area contributed by atoms with Crippen LogP contribution >= 0.6 is 0 Å². The van der Waals surface area contributed by atoms with Crippen molar-refractivity contribution in [1.29, 1.82) is 0 Å². The quantitative estimate of drug-likeness (QED) is 0.305. The average molecular weight is 585 g/mol. The Hall–Kier alpha value is -4.24. The van der Waals surface area contributed by atoms with Gasteiger partial charge in [-0.15, -0.1) is 0 Å². The molecule has 4 aromatic rings. The van der Waals surface area contributed by atoms with Crippen molar-refractivity contribution in [1.82, 2.24) is 15.3 Å². The number of fused-ring (bicyclic) bond motifs is 4. The Kier molecular flexibility index (Phi) is 8.06. The van der Waals surface area contributed by atoms with Crippen molar-refractivity contribution in [3.05, 3.63) is 101 Å². The summed E-state index contributed by atoms with van der Waals surface area (Å²) in [6.07, 6.45) is 0.874. The Morgan fingerprint density at radius 3 is 2.31 bits per heavy atom. The van der Waals surface area contributed by atoms with Crippen LogP contribution in [0.1, 0.15) is 59.8 Å². The van der Waals surface area contributed by atoms with Gasteiger partial charge in [-0.2, -0.15) is 4.98 Å². The van der Waals surface area contributed by atoms with Crippen LogP contribution in [0.3, 0.4) is 0 Å². The normalized spacial score (nSPS) is 16.6. The van der Waals surface area contributed by atoms with E-state index in [2.05, 4.69) is 65.0 Å². The molecule has 1 aromatic heterocycles. The minimum Gasteiger partial charge on any atom is -0.472 e. The molecule has 3 aromatic carbocycles. The van der Waals surface area contributed by atoms with Gasteiger partial charge in [-0.25, -0.2) is 18.1 Å². The molecule has 8 nitrogen and oxygen atoms in total. The fourth-order valence-corrected chi connectivity index (χ4v) is 6.03. The summed E-state index contributed by atoms with van der Waals surface area (Å²) in [4.78, 5) is 22.0.